The van der Waals surface area contributed by atoms with Crippen molar-refractivity contribution in [1.82, 2.24) is 10.2 Å². The molecule has 0 fully saturated rings. The molecule has 1 N–H and O–H groups in total. The average molecular weight is 186 g/mol. The lowest BCUT2D eigenvalue weighted by atomic mass is 9.86. The fraction of sp³-hybridized carbons (Fsp3) is 1.00. The molecule has 0 aliphatic heterocycles. The molecule has 0 bridgehead atoms. The Balaban J connectivity index is 4.16. The minimum Gasteiger partial charge on any atom is -0.318 e. The zero-order valence-corrected chi connectivity index (χ0v) is 10.3. The van der Waals surface area contributed by atoms with Crippen LogP contribution in [0, 0.1) is 5.41 Å². The van der Waals surface area contributed by atoms with Gasteiger partial charge in [-0.25, -0.2) is 0 Å². The third kappa shape index (κ3) is 4.10. The van der Waals surface area contributed by atoms with Crippen LogP contribution in [0.25, 0.3) is 0 Å². The van der Waals surface area contributed by atoms with Crippen LogP contribution in [0.4, 0.5) is 0 Å². The quantitative estimate of drug-likeness (QED) is 0.722. The second-order valence-electron chi connectivity index (χ2n) is 5.11. The number of hydrogen-bond acceptors (Lipinski definition) is 2. The lowest BCUT2D eigenvalue weighted by molar-refractivity contribution is 0.105. The minimum atomic E-state index is 0.358. The topological polar surface area (TPSA) is 15.3 Å². The van der Waals surface area contributed by atoms with Crippen molar-refractivity contribution in [3.63, 3.8) is 0 Å². The van der Waals surface area contributed by atoms with Crippen molar-refractivity contribution in [1.29, 1.82) is 0 Å². The molecule has 0 saturated heterocycles. The van der Waals surface area contributed by atoms with E-state index in [0.717, 1.165) is 6.54 Å². The van der Waals surface area contributed by atoms with E-state index in [-0.39, 0.29) is 0 Å². The van der Waals surface area contributed by atoms with Crippen LogP contribution in [0.15, 0.2) is 0 Å². The van der Waals surface area contributed by atoms with Gasteiger partial charge in [0.1, 0.15) is 0 Å². The van der Waals surface area contributed by atoms with Gasteiger partial charge in [-0.05, 0) is 33.4 Å². The van der Waals surface area contributed by atoms with Crippen molar-refractivity contribution >= 4 is 0 Å². The van der Waals surface area contributed by atoms with Crippen molar-refractivity contribution in [3.8, 4) is 0 Å². The molecule has 13 heavy (non-hydrogen) atoms. The highest BCUT2D eigenvalue weighted by atomic mass is 15.2. The van der Waals surface area contributed by atoms with Gasteiger partial charge in [0.25, 0.3) is 0 Å². The highest BCUT2D eigenvalue weighted by Crippen LogP contribution is 2.23. The molecule has 0 rings (SSSR count). The molecule has 2 unspecified atom stereocenters. The van der Waals surface area contributed by atoms with Crippen LogP contribution >= 0.6 is 0 Å². The summed E-state index contributed by atoms with van der Waals surface area (Å²) in [7, 11) is 4.21. The predicted molar refractivity (Wildman–Crippen MR) is 60.1 cm³/mol. The van der Waals surface area contributed by atoms with Gasteiger partial charge in [0.05, 0.1) is 0 Å². The first-order chi connectivity index (χ1) is 5.80. The van der Waals surface area contributed by atoms with Gasteiger partial charge >= 0.3 is 0 Å². The molecule has 0 aromatic rings. The second kappa shape index (κ2) is 4.97. The summed E-state index contributed by atoms with van der Waals surface area (Å²) in [4.78, 5) is 2.44. The van der Waals surface area contributed by atoms with Crippen LogP contribution < -0.4 is 5.32 Å². The Labute approximate surface area is 83.7 Å². The van der Waals surface area contributed by atoms with Crippen molar-refractivity contribution in [2.75, 3.05) is 20.6 Å². The van der Waals surface area contributed by atoms with E-state index in [0.29, 0.717) is 17.5 Å². The van der Waals surface area contributed by atoms with Gasteiger partial charge in [-0.1, -0.05) is 20.8 Å². The molecule has 0 aliphatic rings. The van der Waals surface area contributed by atoms with Crippen LogP contribution in [0.1, 0.15) is 34.6 Å². The smallest absolute Gasteiger partial charge is 0.0192 e. The summed E-state index contributed by atoms with van der Waals surface area (Å²) in [5.74, 6) is 0. The Bertz CT molecular complexity index is 138. The molecule has 0 amide bonds. The summed E-state index contributed by atoms with van der Waals surface area (Å²) >= 11 is 0. The summed E-state index contributed by atoms with van der Waals surface area (Å²) in [5, 5.41) is 3.21. The molecule has 0 saturated carbocycles. The molecule has 2 atom stereocenters. The molecule has 2 heteroatoms. The summed E-state index contributed by atoms with van der Waals surface area (Å²) in [6.45, 7) is 12.5. The maximum Gasteiger partial charge on any atom is 0.0192 e. The van der Waals surface area contributed by atoms with E-state index in [9.17, 15) is 0 Å². The maximum absolute atomic E-state index is 3.21. The molecule has 0 spiro atoms. The Morgan fingerprint density at radius 2 is 1.69 bits per heavy atom. The van der Waals surface area contributed by atoms with E-state index in [2.05, 4.69) is 51.9 Å². The van der Waals surface area contributed by atoms with E-state index in [1.807, 2.05) is 7.05 Å². The fourth-order valence-corrected chi connectivity index (χ4v) is 1.43. The first-order valence-electron chi connectivity index (χ1n) is 5.17. The van der Waals surface area contributed by atoms with E-state index in [1.165, 1.54) is 0 Å². The summed E-state index contributed by atoms with van der Waals surface area (Å²) in [5.41, 5.74) is 0.358. The van der Waals surface area contributed by atoms with Crippen LogP contribution in [-0.2, 0) is 0 Å². The first kappa shape index (κ1) is 12.9. The van der Waals surface area contributed by atoms with E-state index in [1.54, 1.807) is 0 Å². The molecule has 2 nitrogen and oxygen atoms in total. The maximum atomic E-state index is 3.21. The highest BCUT2D eigenvalue weighted by Gasteiger charge is 2.26. The van der Waals surface area contributed by atoms with Gasteiger partial charge in [-0.15, -0.1) is 0 Å². The normalized spacial score (nSPS) is 17.5. The highest BCUT2D eigenvalue weighted by molar-refractivity contribution is 4.80. The van der Waals surface area contributed by atoms with E-state index >= 15 is 0 Å². The Kier molecular flexibility index (Phi) is 4.93. The Morgan fingerprint density at radius 3 is 2.00 bits per heavy atom. The zero-order valence-electron chi connectivity index (χ0n) is 10.3. The second-order valence-corrected chi connectivity index (χ2v) is 5.11. The van der Waals surface area contributed by atoms with Crippen molar-refractivity contribution in [3.05, 3.63) is 0 Å². The third-order valence-electron chi connectivity index (χ3n) is 3.06. The number of nitrogens with zero attached hydrogens (tertiary/aromatic N) is 1. The number of nitrogens with one attached hydrogen (secondary N) is 1. The SMILES string of the molecule is CNCC(C)N(C)C(C)C(C)(C)C. The van der Waals surface area contributed by atoms with Gasteiger partial charge in [0.15, 0.2) is 0 Å². The van der Waals surface area contributed by atoms with Gasteiger partial charge in [-0.2, -0.15) is 0 Å². The Morgan fingerprint density at radius 1 is 1.23 bits per heavy atom. The fourth-order valence-electron chi connectivity index (χ4n) is 1.43. The first-order valence-corrected chi connectivity index (χ1v) is 5.17. The van der Waals surface area contributed by atoms with Crippen molar-refractivity contribution in [2.45, 2.75) is 46.7 Å². The molecule has 0 aliphatic carbocycles. The van der Waals surface area contributed by atoms with Crippen LogP contribution in [0.5, 0.6) is 0 Å². The van der Waals surface area contributed by atoms with Gasteiger partial charge < -0.3 is 5.32 Å². The molecule has 0 aromatic carbocycles. The van der Waals surface area contributed by atoms with Crippen LogP contribution in [0.3, 0.4) is 0 Å². The lowest BCUT2D eigenvalue weighted by Crippen LogP contribution is -2.47. The molecule has 0 aromatic heterocycles. The van der Waals surface area contributed by atoms with Gasteiger partial charge in [-0.3, -0.25) is 4.90 Å². The summed E-state index contributed by atoms with van der Waals surface area (Å²) in [6.07, 6.45) is 0. The molecular formula is C11H26N2. The Hall–Kier alpha value is -0.0800. The zero-order chi connectivity index (χ0) is 10.6. The molecule has 80 valence electrons. The lowest BCUT2D eigenvalue weighted by Gasteiger charge is -2.39. The summed E-state index contributed by atoms with van der Waals surface area (Å²) < 4.78 is 0. The molecular weight excluding hydrogens is 160 g/mol. The molecule has 0 radical (unpaired) electrons. The third-order valence-corrected chi connectivity index (χ3v) is 3.06. The van der Waals surface area contributed by atoms with E-state index < -0.39 is 0 Å². The van der Waals surface area contributed by atoms with Crippen LogP contribution in [0.2, 0.25) is 0 Å². The van der Waals surface area contributed by atoms with E-state index in [4.69, 9.17) is 0 Å². The van der Waals surface area contributed by atoms with Gasteiger partial charge in [0, 0.05) is 18.6 Å². The minimum absolute atomic E-state index is 0.358. The molecule has 0 heterocycles. The standard InChI is InChI=1S/C11H26N2/c1-9(8-12-6)13(7)10(2)11(3,4)5/h9-10,12H,8H2,1-7H3. The number of likely N-dealkylation sites (N-methyl/N-ethyl adjacent to an activating group) is 2. The number of hydrogen-bond donors (Lipinski definition) is 1. The van der Waals surface area contributed by atoms with Gasteiger partial charge in [0.2, 0.25) is 0 Å². The summed E-state index contributed by atoms with van der Waals surface area (Å²) in [6, 6.07) is 1.20. The van der Waals surface area contributed by atoms with Crippen LogP contribution in [-0.4, -0.2) is 37.6 Å². The number of rotatable bonds is 4. The monoisotopic (exact) mass is 186 g/mol. The predicted octanol–water partition coefficient (Wildman–Crippen LogP) is 1.96. The average Bonchev–Trinajstić information content (AvgIpc) is 2.00. The van der Waals surface area contributed by atoms with Crippen molar-refractivity contribution < 1.29 is 0 Å². The van der Waals surface area contributed by atoms with Crippen molar-refractivity contribution in [2.24, 2.45) is 5.41 Å². The largest absolute Gasteiger partial charge is 0.318 e.